The molecule has 2 aromatic rings. The number of para-hydroxylation sites is 1. The number of aryl methyl sites for hydroxylation is 1. The molecular weight excluding hydrogens is 290 g/mol. The molecule has 0 atom stereocenters. The van der Waals surface area contributed by atoms with Crippen LogP contribution in [0.2, 0.25) is 0 Å². The van der Waals surface area contributed by atoms with Crippen LogP contribution in [0.5, 0.6) is 5.75 Å². The quantitative estimate of drug-likeness (QED) is 0.731. The summed E-state index contributed by atoms with van der Waals surface area (Å²) in [5.41, 5.74) is 1.09. The standard InChI is InChI=1S/C18H27N3O2/c1-14-9-6-7-10-15(14)22-12-8-11-21(5)13-16-19-17(20-23-16)18(2,3)4/h6-7,9-10H,8,11-13H2,1-5H3. The van der Waals surface area contributed by atoms with E-state index < -0.39 is 0 Å². The van der Waals surface area contributed by atoms with E-state index in [1.165, 1.54) is 5.56 Å². The number of benzene rings is 1. The minimum absolute atomic E-state index is 0.0816. The molecule has 126 valence electrons. The third kappa shape index (κ3) is 5.36. The molecule has 5 nitrogen and oxygen atoms in total. The van der Waals surface area contributed by atoms with Gasteiger partial charge in [-0.1, -0.05) is 44.1 Å². The monoisotopic (exact) mass is 317 g/mol. The number of nitrogens with zero attached hydrogens (tertiary/aromatic N) is 3. The van der Waals surface area contributed by atoms with Gasteiger partial charge in [0, 0.05) is 12.0 Å². The maximum absolute atomic E-state index is 5.81. The molecule has 23 heavy (non-hydrogen) atoms. The largest absolute Gasteiger partial charge is 0.493 e. The van der Waals surface area contributed by atoms with Crippen molar-refractivity contribution in [1.29, 1.82) is 0 Å². The third-order valence-corrected chi connectivity index (χ3v) is 3.58. The first kappa shape index (κ1) is 17.5. The van der Waals surface area contributed by atoms with Gasteiger partial charge in [-0.2, -0.15) is 4.98 Å². The molecule has 5 heteroatoms. The summed E-state index contributed by atoms with van der Waals surface area (Å²) in [5, 5.41) is 4.05. The van der Waals surface area contributed by atoms with Crippen molar-refractivity contribution in [2.24, 2.45) is 0 Å². The summed E-state index contributed by atoms with van der Waals surface area (Å²) in [6.45, 7) is 10.6. The fraction of sp³-hybridized carbons (Fsp3) is 0.556. The second-order valence-corrected chi connectivity index (χ2v) is 6.97. The average molecular weight is 317 g/mol. The molecule has 0 fully saturated rings. The van der Waals surface area contributed by atoms with Gasteiger partial charge in [-0.25, -0.2) is 0 Å². The Balaban J connectivity index is 1.72. The van der Waals surface area contributed by atoms with Gasteiger partial charge in [0.15, 0.2) is 5.82 Å². The summed E-state index contributed by atoms with van der Waals surface area (Å²) < 4.78 is 11.1. The Bertz CT molecular complexity index is 617. The first-order valence-electron chi connectivity index (χ1n) is 8.06. The fourth-order valence-electron chi connectivity index (χ4n) is 2.17. The van der Waals surface area contributed by atoms with Crippen molar-refractivity contribution >= 4 is 0 Å². The molecule has 0 unspecified atom stereocenters. The molecular formula is C18H27N3O2. The van der Waals surface area contributed by atoms with Crippen LogP contribution >= 0.6 is 0 Å². The van der Waals surface area contributed by atoms with Crippen molar-refractivity contribution < 1.29 is 9.26 Å². The third-order valence-electron chi connectivity index (χ3n) is 3.58. The first-order chi connectivity index (χ1) is 10.9. The molecule has 0 aliphatic carbocycles. The lowest BCUT2D eigenvalue weighted by atomic mass is 9.96. The van der Waals surface area contributed by atoms with E-state index in [9.17, 15) is 0 Å². The van der Waals surface area contributed by atoms with E-state index in [1.807, 2.05) is 18.2 Å². The zero-order valence-corrected chi connectivity index (χ0v) is 14.8. The second-order valence-electron chi connectivity index (χ2n) is 6.97. The Kier molecular flexibility index (Phi) is 5.77. The van der Waals surface area contributed by atoms with Gasteiger partial charge < -0.3 is 9.26 Å². The van der Waals surface area contributed by atoms with Crippen LogP contribution in [0, 0.1) is 6.92 Å². The summed E-state index contributed by atoms with van der Waals surface area (Å²) in [4.78, 5) is 6.63. The number of rotatable bonds is 7. The van der Waals surface area contributed by atoms with Crippen molar-refractivity contribution in [1.82, 2.24) is 15.0 Å². The molecule has 1 heterocycles. The van der Waals surface area contributed by atoms with Gasteiger partial charge in [0.2, 0.25) is 5.89 Å². The van der Waals surface area contributed by atoms with Gasteiger partial charge in [-0.3, -0.25) is 4.90 Å². The lowest BCUT2D eigenvalue weighted by Crippen LogP contribution is -2.21. The minimum Gasteiger partial charge on any atom is -0.493 e. The number of hydrogen-bond donors (Lipinski definition) is 0. The highest BCUT2D eigenvalue weighted by molar-refractivity contribution is 5.31. The van der Waals surface area contributed by atoms with Crippen molar-refractivity contribution in [3.63, 3.8) is 0 Å². The van der Waals surface area contributed by atoms with Crippen LogP contribution in [0.4, 0.5) is 0 Å². The van der Waals surface area contributed by atoms with Crippen LogP contribution in [0.3, 0.4) is 0 Å². The zero-order valence-electron chi connectivity index (χ0n) is 14.8. The molecule has 0 amide bonds. The lowest BCUT2D eigenvalue weighted by molar-refractivity contribution is 0.234. The summed E-state index contributed by atoms with van der Waals surface area (Å²) >= 11 is 0. The molecule has 2 rings (SSSR count). The topological polar surface area (TPSA) is 51.4 Å². The summed E-state index contributed by atoms with van der Waals surface area (Å²) in [6.07, 6.45) is 0.950. The van der Waals surface area contributed by atoms with Crippen LogP contribution in [0.25, 0.3) is 0 Å². The summed E-state index contributed by atoms with van der Waals surface area (Å²) in [7, 11) is 2.05. The van der Waals surface area contributed by atoms with E-state index >= 15 is 0 Å². The van der Waals surface area contributed by atoms with E-state index in [0.29, 0.717) is 19.0 Å². The second kappa shape index (κ2) is 7.59. The zero-order chi connectivity index (χ0) is 16.9. The molecule has 0 aliphatic heterocycles. The Morgan fingerprint density at radius 1 is 1.22 bits per heavy atom. The maximum Gasteiger partial charge on any atom is 0.240 e. The van der Waals surface area contributed by atoms with Gasteiger partial charge in [0.1, 0.15) is 5.75 Å². The molecule has 0 saturated heterocycles. The number of aromatic nitrogens is 2. The SMILES string of the molecule is Cc1ccccc1OCCCN(C)Cc1nc(C(C)(C)C)no1. The Morgan fingerprint density at radius 3 is 2.61 bits per heavy atom. The van der Waals surface area contributed by atoms with E-state index in [4.69, 9.17) is 9.26 Å². The van der Waals surface area contributed by atoms with Gasteiger partial charge in [0.05, 0.1) is 13.2 Å². The molecule has 0 N–H and O–H groups in total. The van der Waals surface area contributed by atoms with Crippen molar-refractivity contribution in [3.05, 3.63) is 41.5 Å². The molecule has 1 aromatic carbocycles. The van der Waals surface area contributed by atoms with Gasteiger partial charge in [-0.05, 0) is 32.0 Å². The van der Waals surface area contributed by atoms with Crippen LogP contribution in [0.15, 0.2) is 28.8 Å². The van der Waals surface area contributed by atoms with Crippen LogP contribution in [0.1, 0.15) is 44.5 Å². The highest BCUT2D eigenvalue weighted by Gasteiger charge is 2.21. The number of hydrogen-bond acceptors (Lipinski definition) is 5. The Morgan fingerprint density at radius 2 is 1.96 bits per heavy atom. The first-order valence-corrected chi connectivity index (χ1v) is 8.06. The molecule has 1 aromatic heterocycles. The van der Waals surface area contributed by atoms with Gasteiger partial charge in [-0.15, -0.1) is 0 Å². The van der Waals surface area contributed by atoms with Crippen LogP contribution < -0.4 is 4.74 Å². The van der Waals surface area contributed by atoms with Gasteiger partial charge >= 0.3 is 0 Å². The minimum atomic E-state index is -0.0816. The highest BCUT2D eigenvalue weighted by atomic mass is 16.5. The molecule has 0 radical (unpaired) electrons. The van der Waals surface area contributed by atoms with E-state index in [2.05, 4.69) is 55.8 Å². The Labute approximate surface area is 138 Å². The Hall–Kier alpha value is -1.88. The van der Waals surface area contributed by atoms with Crippen molar-refractivity contribution in [2.45, 2.75) is 46.1 Å². The lowest BCUT2D eigenvalue weighted by Gasteiger charge is -2.15. The number of ether oxygens (including phenoxy) is 1. The highest BCUT2D eigenvalue weighted by Crippen LogP contribution is 2.19. The van der Waals surface area contributed by atoms with Gasteiger partial charge in [0.25, 0.3) is 0 Å². The predicted octanol–water partition coefficient (Wildman–Crippen LogP) is 3.58. The molecule has 0 bridgehead atoms. The van der Waals surface area contributed by atoms with Crippen molar-refractivity contribution in [2.75, 3.05) is 20.2 Å². The van der Waals surface area contributed by atoms with Crippen molar-refractivity contribution in [3.8, 4) is 5.75 Å². The van der Waals surface area contributed by atoms with E-state index in [-0.39, 0.29) is 5.41 Å². The van der Waals surface area contributed by atoms with E-state index in [1.54, 1.807) is 0 Å². The summed E-state index contributed by atoms with van der Waals surface area (Å²) in [6, 6.07) is 8.08. The summed E-state index contributed by atoms with van der Waals surface area (Å²) in [5.74, 6) is 2.38. The van der Waals surface area contributed by atoms with Crippen LogP contribution in [-0.4, -0.2) is 35.2 Å². The molecule has 0 spiro atoms. The predicted molar refractivity (Wildman–Crippen MR) is 90.6 cm³/mol. The maximum atomic E-state index is 5.81. The molecule has 0 aliphatic rings. The molecule has 0 saturated carbocycles. The normalized spacial score (nSPS) is 11.9. The average Bonchev–Trinajstić information content (AvgIpc) is 2.94. The van der Waals surface area contributed by atoms with Crippen LogP contribution in [-0.2, 0) is 12.0 Å². The fourth-order valence-corrected chi connectivity index (χ4v) is 2.17. The smallest absolute Gasteiger partial charge is 0.240 e. The van der Waals surface area contributed by atoms with E-state index in [0.717, 1.165) is 24.5 Å².